The molecule has 3 heterocycles. The van der Waals surface area contributed by atoms with E-state index in [9.17, 15) is 4.79 Å². The van der Waals surface area contributed by atoms with Crippen molar-refractivity contribution in [3.8, 4) is 0 Å². The van der Waals surface area contributed by atoms with Crippen molar-refractivity contribution < 1.29 is 4.79 Å². The van der Waals surface area contributed by atoms with Gasteiger partial charge in [-0.25, -0.2) is 4.98 Å². The van der Waals surface area contributed by atoms with Crippen molar-refractivity contribution in [2.75, 3.05) is 26.2 Å². The fourth-order valence-electron chi connectivity index (χ4n) is 2.88. The molecule has 1 N–H and O–H groups in total. The third kappa shape index (κ3) is 3.40. The molecule has 0 saturated carbocycles. The van der Waals surface area contributed by atoms with Crippen LogP contribution in [0.3, 0.4) is 0 Å². The predicted octanol–water partition coefficient (Wildman–Crippen LogP) is 1.31. The Morgan fingerprint density at radius 1 is 1.25 bits per heavy atom. The van der Waals surface area contributed by atoms with Gasteiger partial charge in [0.25, 0.3) is 5.91 Å². The first-order valence-corrected chi connectivity index (χ1v) is 6.52. The van der Waals surface area contributed by atoms with Crippen molar-refractivity contribution in [1.82, 2.24) is 20.2 Å². The summed E-state index contributed by atoms with van der Waals surface area (Å²) in [5, 5.41) is 3.41. The summed E-state index contributed by atoms with van der Waals surface area (Å²) >= 11 is 0. The topological polar surface area (TPSA) is 58.1 Å². The first-order chi connectivity index (χ1) is 8.74. The monoisotopic (exact) mass is 318 g/mol. The zero-order valence-corrected chi connectivity index (χ0v) is 13.0. The average Bonchev–Trinajstić information content (AvgIpc) is 2.86. The Labute approximate surface area is 131 Å². The van der Waals surface area contributed by atoms with Crippen LogP contribution in [0.25, 0.3) is 0 Å². The number of fused-ring (bicyclic) bond motifs is 1. The minimum Gasteiger partial charge on any atom is -0.337 e. The molecular weight excluding hydrogens is 299 g/mol. The maximum absolute atomic E-state index is 12.3. The fourth-order valence-corrected chi connectivity index (χ4v) is 2.88. The number of aryl methyl sites for hydroxylation is 1. The number of nitrogens with one attached hydrogen (secondary N) is 1. The van der Waals surface area contributed by atoms with Gasteiger partial charge in [0.15, 0.2) is 0 Å². The lowest BCUT2D eigenvalue weighted by atomic mass is 9.88. The third-order valence-electron chi connectivity index (χ3n) is 3.99. The smallest absolute Gasteiger partial charge is 0.274 e. The van der Waals surface area contributed by atoms with Crippen LogP contribution in [0.2, 0.25) is 0 Å². The number of nitrogens with zero attached hydrogens (tertiary/aromatic N) is 3. The number of aromatic nitrogens is 2. The van der Waals surface area contributed by atoms with Crippen molar-refractivity contribution in [3.05, 3.63) is 23.8 Å². The molecule has 1 amide bonds. The van der Waals surface area contributed by atoms with Crippen LogP contribution in [0.15, 0.2) is 12.4 Å². The number of hydrogen-bond acceptors (Lipinski definition) is 4. The van der Waals surface area contributed by atoms with E-state index < -0.39 is 0 Å². The maximum atomic E-state index is 12.3. The van der Waals surface area contributed by atoms with Crippen LogP contribution in [-0.4, -0.2) is 47.0 Å². The second-order valence-corrected chi connectivity index (χ2v) is 5.26. The molecule has 2 aliphatic heterocycles. The predicted molar refractivity (Wildman–Crippen MR) is 81.6 cm³/mol. The molecule has 0 bridgehead atoms. The van der Waals surface area contributed by atoms with Gasteiger partial charge in [0, 0.05) is 19.3 Å². The molecule has 20 heavy (non-hydrogen) atoms. The molecule has 2 aliphatic rings. The molecule has 2 fully saturated rings. The lowest BCUT2D eigenvalue weighted by molar-refractivity contribution is 0.0636. The number of rotatable bonds is 1. The van der Waals surface area contributed by atoms with E-state index in [2.05, 4.69) is 15.3 Å². The third-order valence-corrected chi connectivity index (χ3v) is 3.99. The number of carbonyl (C=O) groups excluding carboxylic acids is 1. The number of likely N-dealkylation sites (tertiary alicyclic amines) is 1. The Hall–Kier alpha value is -0.910. The van der Waals surface area contributed by atoms with Crippen LogP contribution in [0.5, 0.6) is 0 Å². The Kier molecular flexibility index (Phi) is 6.17. The first kappa shape index (κ1) is 17.1. The number of amides is 1. The molecule has 2 unspecified atom stereocenters. The van der Waals surface area contributed by atoms with Crippen LogP contribution in [0.4, 0.5) is 0 Å². The summed E-state index contributed by atoms with van der Waals surface area (Å²) in [4.78, 5) is 22.5. The molecule has 112 valence electrons. The summed E-state index contributed by atoms with van der Waals surface area (Å²) in [6.45, 7) is 5.71. The summed E-state index contributed by atoms with van der Waals surface area (Å²) in [5.74, 6) is 1.38. The molecule has 0 spiro atoms. The van der Waals surface area contributed by atoms with Crippen LogP contribution < -0.4 is 5.32 Å². The Balaban J connectivity index is 0.000001000. The largest absolute Gasteiger partial charge is 0.337 e. The number of piperidine rings is 1. The van der Waals surface area contributed by atoms with Gasteiger partial charge in [-0.1, -0.05) is 0 Å². The lowest BCUT2D eigenvalue weighted by Gasteiger charge is -2.34. The Morgan fingerprint density at radius 2 is 2.00 bits per heavy atom. The first-order valence-electron chi connectivity index (χ1n) is 6.52. The summed E-state index contributed by atoms with van der Waals surface area (Å²) in [7, 11) is 0. The minimum atomic E-state index is 0. The summed E-state index contributed by atoms with van der Waals surface area (Å²) < 4.78 is 0. The summed E-state index contributed by atoms with van der Waals surface area (Å²) in [5.41, 5.74) is 1.30. The van der Waals surface area contributed by atoms with Crippen molar-refractivity contribution in [3.63, 3.8) is 0 Å². The van der Waals surface area contributed by atoms with Gasteiger partial charge in [-0.05, 0) is 38.3 Å². The lowest BCUT2D eigenvalue weighted by Crippen LogP contribution is -2.43. The molecule has 1 aromatic heterocycles. The van der Waals surface area contributed by atoms with E-state index in [0.29, 0.717) is 11.6 Å². The van der Waals surface area contributed by atoms with Crippen molar-refractivity contribution >= 4 is 30.7 Å². The van der Waals surface area contributed by atoms with Gasteiger partial charge in [0.1, 0.15) is 5.69 Å². The number of carbonyl (C=O) groups is 1. The highest BCUT2D eigenvalue weighted by Gasteiger charge is 2.34. The van der Waals surface area contributed by atoms with Crippen LogP contribution in [-0.2, 0) is 0 Å². The van der Waals surface area contributed by atoms with E-state index in [1.54, 1.807) is 12.4 Å². The molecule has 0 aliphatic carbocycles. The van der Waals surface area contributed by atoms with Gasteiger partial charge in [0.05, 0.1) is 11.9 Å². The molecule has 7 heteroatoms. The standard InChI is InChI=1S/C13H18N4O.2ClH/c1-9-4-16-12(7-15-9)13(18)17-3-2-10-5-14-6-11(10)8-17;;/h4,7,10-11,14H,2-3,5-6,8H2,1H3;2*1H. The molecule has 0 aromatic carbocycles. The molecule has 1 aromatic rings. The number of hydrogen-bond donors (Lipinski definition) is 1. The van der Waals surface area contributed by atoms with Crippen molar-refractivity contribution in [1.29, 1.82) is 0 Å². The van der Waals surface area contributed by atoms with Gasteiger partial charge < -0.3 is 10.2 Å². The maximum Gasteiger partial charge on any atom is 0.274 e. The second-order valence-electron chi connectivity index (χ2n) is 5.26. The molecule has 3 rings (SSSR count). The van der Waals surface area contributed by atoms with Crippen LogP contribution in [0.1, 0.15) is 22.6 Å². The Morgan fingerprint density at radius 3 is 2.70 bits per heavy atom. The quantitative estimate of drug-likeness (QED) is 0.848. The summed E-state index contributed by atoms with van der Waals surface area (Å²) in [6.07, 6.45) is 4.33. The molecule has 2 atom stereocenters. The van der Waals surface area contributed by atoms with Crippen molar-refractivity contribution in [2.45, 2.75) is 13.3 Å². The highest BCUT2D eigenvalue weighted by Crippen LogP contribution is 2.26. The zero-order chi connectivity index (χ0) is 12.5. The van der Waals surface area contributed by atoms with Gasteiger partial charge in [0.2, 0.25) is 0 Å². The van der Waals surface area contributed by atoms with Crippen molar-refractivity contribution in [2.24, 2.45) is 11.8 Å². The molecular formula is C13H20Cl2N4O. The van der Waals surface area contributed by atoms with Gasteiger partial charge in [-0.15, -0.1) is 24.8 Å². The fraction of sp³-hybridized carbons (Fsp3) is 0.615. The average molecular weight is 319 g/mol. The van der Waals surface area contributed by atoms with E-state index in [1.165, 1.54) is 0 Å². The molecule has 5 nitrogen and oxygen atoms in total. The molecule has 2 saturated heterocycles. The summed E-state index contributed by atoms with van der Waals surface area (Å²) in [6, 6.07) is 0. The van der Waals surface area contributed by atoms with E-state index >= 15 is 0 Å². The van der Waals surface area contributed by atoms with E-state index in [0.717, 1.165) is 44.2 Å². The number of halogens is 2. The highest BCUT2D eigenvalue weighted by molar-refractivity contribution is 5.92. The van der Waals surface area contributed by atoms with Gasteiger partial charge >= 0.3 is 0 Å². The molecule has 0 radical (unpaired) electrons. The highest BCUT2D eigenvalue weighted by atomic mass is 35.5. The van der Waals surface area contributed by atoms with E-state index in [1.807, 2.05) is 11.8 Å². The normalized spacial score (nSPS) is 24.4. The van der Waals surface area contributed by atoms with Crippen LogP contribution in [0, 0.1) is 18.8 Å². The SMILES string of the molecule is Cc1cnc(C(=O)N2CCC3CNCC3C2)cn1.Cl.Cl. The van der Waals surface area contributed by atoms with E-state index in [4.69, 9.17) is 0 Å². The minimum absolute atomic E-state index is 0. The Bertz CT molecular complexity index is 454. The van der Waals surface area contributed by atoms with E-state index in [-0.39, 0.29) is 30.7 Å². The van der Waals surface area contributed by atoms with Gasteiger partial charge in [-0.2, -0.15) is 0 Å². The second kappa shape index (κ2) is 7.20. The van der Waals surface area contributed by atoms with Gasteiger partial charge in [-0.3, -0.25) is 9.78 Å². The zero-order valence-electron chi connectivity index (χ0n) is 11.4. The van der Waals surface area contributed by atoms with Crippen LogP contribution >= 0.6 is 24.8 Å².